The SMILES string of the molecule is Cc1cc2nc(Cl)nc(NC3CCNCC3)c2n1C. The zero-order valence-corrected chi connectivity index (χ0v) is 12.0. The molecule has 3 rings (SSSR count). The Bertz CT molecular complexity index is 601. The van der Waals surface area contributed by atoms with E-state index in [-0.39, 0.29) is 0 Å². The molecule has 102 valence electrons. The van der Waals surface area contributed by atoms with Crippen LogP contribution in [0.15, 0.2) is 6.07 Å². The minimum Gasteiger partial charge on any atom is -0.365 e. The molecule has 19 heavy (non-hydrogen) atoms. The van der Waals surface area contributed by atoms with Crippen LogP contribution in [0.25, 0.3) is 11.0 Å². The lowest BCUT2D eigenvalue weighted by Gasteiger charge is -2.24. The summed E-state index contributed by atoms with van der Waals surface area (Å²) < 4.78 is 2.11. The summed E-state index contributed by atoms with van der Waals surface area (Å²) in [6, 6.07) is 2.49. The molecule has 0 bridgehead atoms. The number of nitrogens with one attached hydrogen (secondary N) is 2. The Morgan fingerprint density at radius 1 is 1.37 bits per heavy atom. The molecule has 3 heterocycles. The Kier molecular flexibility index (Phi) is 3.33. The molecule has 0 spiro atoms. The fraction of sp³-hybridized carbons (Fsp3) is 0.538. The molecule has 2 aromatic rings. The highest BCUT2D eigenvalue weighted by Gasteiger charge is 2.17. The van der Waals surface area contributed by atoms with E-state index in [0.717, 1.165) is 48.5 Å². The summed E-state index contributed by atoms with van der Waals surface area (Å²) in [4.78, 5) is 8.66. The number of fused-ring (bicyclic) bond motifs is 1. The number of piperidine rings is 1. The summed E-state index contributed by atoms with van der Waals surface area (Å²) in [5.74, 6) is 0.845. The van der Waals surface area contributed by atoms with E-state index in [4.69, 9.17) is 11.6 Å². The van der Waals surface area contributed by atoms with E-state index in [1.54, 1.807) is 0 Å². The van der Waals surface area contributed by atoms with Crippen LogP contribution in [0.5, 0.6) is 0 Å². The second-order valence-corrected chi connectivity index (χ2v) is 5.43. The van der Waals surface area contributed by atoms with Crippen LogP contribution >= 0.6 is 11.6 Å². The molecule has 0 aliphatic carbocycles. The van der Waals surface area contributed by atoms with Crippen molar-refractivity contribution in [2.75, 3.05) is 18.4 Å². The zero-order valence-electron chi connectivity index (χ0n) is 11.2. The predicted octanol–water partition coefficient (Wildman–Crippen LogP) is 2.09. The van der Waals surface area contributed by atoms with E-state index >= 15 is 0 Å². The number of aromatic nitrogens is 3. The Hall–Kier alpha value is -1.33. The maximum Gasteiger partial charge on any atom is 0.225 e. The first-order valence-electron chi connectivity index (χ1n) is 6.62. The second kappa shape index (κ2) is 4.98. The largest absolute Gasteiger partial charge is 0.365 e. The molecule has 1 aliphatic rings. The molecule has 0 atom stereocenters. The van der Waals surface area contributed by atoms with E-state index in [1.807, 2.05) is 13.1 Å². The molecule has 1 aliphatic heterocycles. The minimum atomic E-state index is 0.300. The highest BCUT2D eigenvalue weighted by Crippen LogP contribution is 2.26. The van der Waals surface area contributed by atoms with Gasteiger partial charge in [-0.3, -0.25) is 0 Å². The van der Waals surface area contributed by atoms with Gasteiger partial charge in [0.15, 0.2) is 5.82 Å². The highest BCUT2D eigenvalue weighted by molar-refractivity contribution is 6.28. The third-order valence-electron chi connectivity index (χ3n) is 3.77. The van der Waals surface area contributed by atoms with Crippen LogP contribution in [0, 0.1) is 6.92 Å². The van der Waals surface area contributed by atoms with Crippen LogP contribution in [0.4, 0.5) is 5.82 Å². The summed E-state index contributed by atoms with van der Waals surface area (Å²) in [6.07, 6.45) is 2.21. The minimum absolute atomic E-state index is 0.300. The number of rotatable bonds is 2. The Balaban J connectivity index is 2.01. The number of anilines is 1. The summed E-state index contributed by atoms with van der Waals surface area (Å²) in [7, 11) is 2.03. The molecule has 2 aromatic heterocycles. The topological polar surface area (TPSA) is 54.8 Å². The van der Waals surface area contributed by atoms with E-state index in [1.165, 1.54) is 0 Å². The second-order valence-electron chi connectivity index (χ2n) is 5.09. The molecule has 2 N–H and O–H groups in total. The van der Waals surface area contributed by atoms with Crippen molar-refractivity contribution < 1.29 is 0 Å². The lowest BCUT2D eigenvalue weighted by molar-refractivity contribution is 0.478. The molecule has 0 saturated carbocycles. The summed E-state index contributed by atoms with van der Waals surface area (Å²) in [5.41, 5.74) is 3.08. The van der Waals surface area contributed by atoms with Crippen molar-refractivity contribution in [1.29, 1.82) is 0 Å². The molecule has 0 unspecified atom stereocenters. The quantitative estimate of drug-likeness (QED) is 0.827. The first kappa shape index (κ1) is 12.7. The van der Waals surface area contributed by atoms with Crippen molar-refractivity contribution in [3.63, 3.8) is 0 Å². The third kappa shape index (κ3) is 2.40. The molecule has 0 aromatic carbocycles. The smallest absolute Gasteiger partial charge is 0.225 e. The van der Waals surface area contributed by atoms with Gasteiger partial charge in [0.25, 0.3) is 0 Å². The van der Waals surface area contributed by atoms with E-state index in [2.05, 4.69) is 32.1 Å². The average molecular weight is 280 g/mol. The van der Waals surface area contributed by atoms with Gasteiger partial charge in [0, 0.05) is 18.8 Å². The Morgan fingerprint density at radius 3 is 2.84 bits per heavy atom. The predicted molar refractivity (Wildman–Crippen MR) is 77.8 cm³/mol. The van der Waals surface area contributed by atoms with Gasteiger partial charge in [-0.2, -0.15) is 4.98 Å². The molecule has 0 radical (unpaired) electrons. The van der Waals surface area contributed by atoms with Gasteiger partial charge >= 0.3 is 0 Å². The third-order valence-corrected chi connectivity index (χ3v) is 3.94. The van der Waals surface area contributed by atoms with Gasteiger partial charge in [-0.15, -0.1) is 0 Å². The fourth-order valence-corrected chi connectivity index (χ4v) is 2.78. The highest BCUT2D eigenvalue weighted by atomic mass is 35.5. The number of halogens is 1. The van der Waals surface area contributed by atoms with Gasteiger partial charge in [0.1, 0.15) is 5.52 Å². The summed E-state index contributed by atoms with van der Waals surface area (Å²) >= 11 is 6.02. The van der Waals surface area contributed by atoms with Gasteiger partial charge in [-0.1, -0.05) is 0 Å². The number of aryl methyl sites for hydroxylation is 2. The van der Waals surface area contributed by atoms with Gasteiger partial charge in [0.2, 0.25) is 5.28 Å². The number of nitrogens with zero attached hydrogens (tertiary/aromatic N) is 3. The normalized spacial score (nSPS) is 17.0. The van der Waals surface area contributed by atoms with E-state index in [9.17, 15) is 0 Å². The lowest BCUT2D eigenvalue weighted by Crippen LogP contribution is -2.35. The van der Waals surface area contributed by atoms with Crippen molar-refractivity contribution in [3.8, 4) is 0 Å². The lowest BCUT2D eigenvalue weighted by atomic mass is 10.1. The molecule has 0 amide bonds. The van der Waals surface area contributed by atoms with Crippen molar-refractivity contribution in [2.45, 2.75) is 25.8 Å². The van der Waals surface area contributed by atoms with Gasteiger partial charge in [0.05, 0.1) is 5.52 Å². The maximum absolute atomic E-state index is 6.02. The number of hydrogen-bond acceptors (Lipinski definition) is 4. The first-order chi connectivity index (χ1) is 9.15. The van der Waals surface area contributed by atoms with Crippen molar-refractivity contribution in [2.24, 2.45) is 7.05 Å². The van der Waals surface area contributed by atoms with Crippen LogP contribution < -0.4 is 10.6 Å². The van der Waals surface area contributed by atoms with Gasteiger partial charge in [-0.05, 0) is 50.5 Å². The molecule has 5 nitrogen and oxygen atoms in total. The van der Waals surface area contributed by atoms with Gasteiger partial charge < -0.3 is 15.2 Å². The van der Waals surface area contributed by atoms with Crippen LogP contribution in [-0.4, -0.2) is 33.7 Å². The van der Waals surface area contributed by atoms with E-state index in [0.29, 0.717) is 11.3 Å². The summed E-state index contributed by atoms with van der Waals surface area (Å²) in [6.45, 7) is 4.15. The van der Waals surface area contributed by atoms with E-state index < -0.39 is 0 Å². The van der Waals surface area contributed by atoms with Crippen LogP contribution in [0.1, 0.15) is 18.5 Å². The molecule has 1 fully saturated rings. The van der Waals surface area contributed by atoms with Crippen molar-refractivity contribution >= 4 is 28.5 Å². The fourth-order valence-electron chi connectivity index (χ4n) is 2.61. The van der Waals surface area contributed by atoms with Crippen LogP contribution in [0.3, 0.4) is 0 Å². The molecule has 6 heteroatoms. The first-order valence-corrected chi connectivity index (χ1v) is 7.00. The van der Waals surface area contributed by atoms with Crippen LogP contribution in [-0.2, 0) is 7.05 Å². The Morgan fingerprint density at radius 2 is 2.11 bits per heavy atom. The van der Waals surface area contributed by atoms with Crippen LogP contribution in [0.2, 0.25) is 5.28 Å². The Labute approximate surface area is 117 Å². The molecular weight excluding hydrogens is 262 g/mol. The standard InChI is InChI=1S/C13H18ClN5/c1-8-7-10-11(19(8)2)12(18-13(14)17-10)16-9-3-5-15-6-4-9/h7,9,15H,3-6H2,1-2H3,(H,16,17,18). The van der Waals surface area contributed by atoms with Crippen molar-refractivity contribution in [3.05, 3.63) is 17.0 Å². The molecule has 1 saturated heterocycles. The van der Waals surface area contributed by atoms with Gasteiger partial charge in [-0.25, -0.2) is 4.98 Å². The zero-order chi connectivity index (χ0) is 13.4. The van der Waals surface area contributed by atoms with Crippen molar-refractivity contribution in [1.82, 2.24) is 19.9 Å². The maximum atomic E-state index is 6.02. The monoisotopic (exact) mass is 279 g/mol. The average Bonchev–Trinajstić information content (AvgIpc) is 2.66. The summed E-state index contributed by atoms with van der Waals surface area (Å²) in [5, 5.41) is 7.18. The molecular formula is C13H18ClN5. The number of hydrogen-bond donors (Lipinski definition) is 2.